The Bertz CT molecular complexity index is 908. The zero-order valence-corrected chi connectivity index (χ0v) is 14.9. The van der Waals surface area contributed by atoms with Gasteiger partial charge in [-0.3, -0.25) is 4.79 Å². The second-order valence-corrected chi connectivity index (χ2v) is 6.38. The van der Waals surface area contributed by atoms with E-state index >= 15 is 0 Å². The molecule has 0 amide bonds. The largest absolute Gasteiger partial charge is 0.396 e. The molecule has 25 heavy (non-hydrogen) atoms. The number of Topliss-reactive ketones (excluding diaryl/α,β-unsaturated/α-hetero) is 1. The molecule has 2 N–H and O–H groups in total. The normalized spacial score (nSPS) is 11.0. The standard InChI is InChI=1S/C18H17Cl2N3O2/c19-13-7-6-12(10-14(13)20)17(25)11-23-16-5-2-1-4-15(16)22-18(23)21-8-3-9-24/h1-2,4-7,10,24H,3,8-9,11H2,(H,21,22). The summed E-state index contributed by atoms with van der Waals surface area (Å²) in [7, 11) is 0. The van der Waals surface area contributed by atoms with Gasteiger partial charge in [0.1, 0.15) is 0 Å². The summed E-state index contributed by atoms with van der Waals surface area (Å²) in [5.74, 6) is 0.509. The van der Waals surface area contributed by atoms with E-state index in [1.807, 2.05) is 28.8 Å². The molecule has 0 fully saturated rings. The number of aliphatic hydroxyl groups is 1. The number of fused-ring (bicyclic) bond motifs is 1. The van der Waals surface area contributed by atoms with Gasteiger partial charge in [-0.2, -0.15) is 0 Å². The Labute approximate surface area is 155 Å². The summed E-state index contributed by atoms with van der Waals surface area (Å²) in [6.07, 6.45) is 0.601. The number of benzene rings is 2. The van der Waals surface area contributed by atoms with Crippen molar-refractivity contribution in [2.24, 2.45) is 0 Å². The summed E-state index contributed by atoms with van der Waals surface area (Å²) >= 11 is 11.9. The number of hydrogen-bond donors (Lipinski definition) is 2. The zero-order chi connectivity index (χ0) is 17.8. The third kappa shape index (κ3) is 3.95. The fourth-order valence-electron chi connectivity index (χ4n) is 2.55. The van der Waals surface area contributed by atoms with E-state index in [2.05, 4.69) is 10.3 Å². The number of carbonyl (C=O) groups is 1. The quantitative estimate of drug-likeness (QED) is 0.481. The van der Waals surface area contributed by atoms with Crippen LogP contribution in [-0.2, 0) is 6.54 Å². The van der Waals surface area contributed by atoms with E-state index in [0.717, 1.165) is 11.0 Å². The van der Waals surface area contributed by atoms with Crippen molar-refractivity contribution in [3.63, 3.8) is 0 Å². The molecule has 0 saturated carbocycles. The van der Waals surface area contributed by atoms with Crippen LogP contribution < -0.4 is 5.32 Å². The van der Waals surface area contributed by atoms with Gasteiger partial charge in [0.15, 0.2) is 5.78 Å². The number of nitrogens with zero attached hydrogens (tertiary/aromatic N) is 2. The second-order valence-electron chi connectivity index (χ2n) is 5.57. The molecule has 130 valence electrons. The summed E-state index contributed by atoms with van der Waals surface area (Å²) in [4.78, 5) is 17.2. The molecule has 0 spiro atoms. The molecule has 0 aliphatic heterocycles. The fraction of sp³-hybridized carbons (Fsp3) is 0.222. The predicted molar refractivity (Wildman–Crippen MR) is 101 cm³/mol. The third-order valence-corrected chi connectivity index (χ3v) is 4.55. The first-order valence-electron chi connectivity index (χ1n) is 7.88. The molecule has 0 aliphatic rings. The molecule has 0 radical (unpaired) electrons. The number of anilines is 1. The van der Waals surface area contributed by atoms with Crippen molar-refractivity contribution in [3.05, 3.63) is 58.1 Å². The van der Waals surface area contributed by atoms with Gasteiger partial charge < -0.3 is 15.0 Å². The van der Waals surface area contributed by atoms with Gasteiger partial charge in [0, 0.05) is 18.7 Å². The smallest absolute Gasteiger partial charge is 0.204 e. The van der Waals surface area contributed by atoms with Crippen molar-refractivity contribution < 1.29 is 9.90 Å². The number of halogens is 2. The van der Waals surface area contributed by atoms with Gasteiger partial charge in [0.05, 0.1) is 27.6 Å². The average molecular weight is 378 g/mol. The molecular weight excluding hydrogens is 361 g/mol. The number of ketones is 1. The number of nitrogens with one attached hydrogen (secondary N) is 1. The van der Waals surface area contributed by atoms with E-state index in [9.17, 15) is 4.79 Å². The summed E-state index contributed by atoms with van der Waals surface area (Å²) < 4.78 is 1.83. The van der Waals surface area contributed by atoms with Crippen LogP contribution in [0.4, 0.5) is 5.95 Å². The minimum atomic E-state index is -0.0908. The van der Waals surface area contributed by atoms with Crippen LogP contribution in [0.15, 0.2) is 42.5 Å². The Kier molecular flexibility index (Phi) is 5.58. The molecule has 0 saturated heterocycles. The maximum Gasteiger partial charge on any atom is 0.204 e. The summed E-state index contributed by atoms with van der Waals surface area (Å²) in [5, 5.41) is 12.9. The van der Waals surface area contributed by atoms with Crippen molar-refractivity contribution in [2.45, 2.75) is 13.0 Å². The summed E-state index contributed by atoms with van der Waals surface area (Å²) in [6, 6.07) is 12.5. The second kappa shape index (κ2) is 7.87. The minimum absolute atomic E-state index is 0.0908. The molecule has 0 aliphatic carbocycles. The maximum atomic E-state index is 12.7. The van der Waals surface area contributed by atoms with Crippen LogP contribution >= 0.6 is 23.2 Å². The Morgan fingerprint density at radius 2 is 1.96 bits per heavy atom. The molecule has 3 rings (SSSR count). The molecule has 0 bridgehead atoms. The van der Waals surface area contributed by atoms with E-state index in [1.165, 1.54) is 0 Å². The van der Waals surface area contributed by atoms with Crippen molar-refractivity contribution >= 4 is 46.0 Å². The van der Waals surface area contributed by atoms with Gasteiger partial charge in [-0.1, -0.05) is 35.3 Å². The Hall–Kier alpha value is -2.08. The van der Waals surface area contributed by atoms with E-state index < -0.39 is 0 Å². The monoisotopic (exact) mass is 377 g/mol. The number of carbonyl (C=O) groups excluding carboxylic acids is 1. The Morgan fingerprint density at radius 1 is 1.16 bits per heavy atom. The molecule has 0 atom stereocenters. The van der Waals surface area contributed by atoms with Gasteiger partial charge in [-0.15, -0.1) is 0 Å². The van der Waals surface area contributed by atoms with Gasteiger partial charge in [0.25, 0.3) is 0 Å². The lowest BCUT2D eigenvalue weighted by atomic mass is 10.1. The number of aromatic nitrogens is 2. The van der Waals surface area contributed by atoms with Crippen LogP contribution in [0, 0.1) is 0 Å². The molecule has 3 aromatic rings. The van der Waals surface area contributed by atoms with E-state index in [4.69, 9.17) is 28.3 Å². The Balaban J connectivity index is 1.91. The topological polar surface area (TPSA) is 67.2 Å². The van der Waals surface area contributed by atoms with Crippen LogP contribution in [0.2, 0.25) is 10.0 Å². The number of para-hydroxylation sites is 2. The SMILES string of the molecule is O=C(Cn1c(NCCCO)nc2ccccc21)c1ccc(Cl)c(Cl)c1. The van der Waals surface area contributed by atoms with Crippen molar-refractivity contribution in [1.29, 1.82) is 0 Å². The number of rotatable bonds is 7. The van der Waals surface area contributed by atoms with Crippen LogP contribution in [0.5, 0.6) is 0 Å². The van der Waals surface area contributed by atoms with Gasteiger partial charge >= 0.3 is 0 Å². The van der Waals surface area contributed by atoms with Crippen LogP contribution in [0.1, 0.15) is 16.8 Å². The molecule has 2 aromatic carbocycles. The molecule has 1 heterocycles. The lowest BCUT2D eigenvalue weighted by molar-refractivity contribution is 0.0974. The molecule has 7 heteroatoms. The zero-order valence-electron chi connectivity index (χ0n) is 13.4. The first kappa shape index (κ1) is 17.7. The van der Waals surface area contributed by atoms with Gasteiger partial charge in [-0.05, 0) is 36.8 Å². The lowest BCUT2D eigenvalue weighted by Gasteiger charge is -2.10. The fourth-order valence-corrected chi connectivity index (χ4v) is 2.85. The molecule has 5 nitrogen and oxygen atoms in total. The van der Waals surface area contributed by atoms with Gasteiger partial charge in [0.2, 0.25) is 5.95 Å². The molecule has 1 aromatic heterocycles. The van der Waals surface area contributed by atoms with Gasteiger partial charge in [-0.25, -0.2) is 4.98 Å². The minimum Gasteiger partial charge on any atom is -0.396 e. The summed E-state index contributed by atoms with van der Waals surface area (Å²) in [6.45, 7) is 0.788. The molecule has 0 unspecified atom stereocenters. The van der Waals surface area contributed by atoms with E-state index in [1.54, 1.807) is 18.2 Å². The maximum absolute atomic E-state index is 12.7. The van der Waals surface area contributed by atoms with Crippen molar-refractivity contribution in [1.82, 2.24) is 9.55 Å². The van der Waals surface area contributed by atoms with E-state index in [-0.39, 0.29) is 18.9 Å². The molecular formula is C18H17Cl2N3O2. The summed E-state index contributed by atoms with van der Waals surface area (Å²) in [5.41, 5.74) is 2.16. The highest BCUT2D eigenvalue weighted by molar-refractivity contribution is 6.42. The van der Waals surface area contributed by atoms with Crippen molar-refractivity contribution in [3.8, 4) is 0 Å². The van der Waals surface area contributed by atoms with E-state index in [0.29, 0.717) is 34.5 Å². The number of hydrogen-bond acceptors (Lipinski definition) is 4. The van der Waals surface area contributed by atoms with Crippen LogP contribution in [0.25, 0.3) is 11.0 Å². The van der Waals surface area contributed by atoms with Crippen LogP contribution in [0.3, 0.4) is 0 Å². The average Bonchev–Trinajstić information content (AvgIpc) is 2.95. The number of aliphatic hydroxyl groups excluding tert-OH is 1. The predicted octanol–water partition coefficient (Wildman–Crippen LogP) is 4.02. The number of imidazole rings is 1. The highest BCUT2D eigenvalue weighted by Gasteiger charge is 2.15. The first-order chi connectivity index (χ1) is 12.1. The third-order valence-electron chi connectivity index (χ3n) is 3.82. The lowest BCUT2D eigenvalue weighted by Crippen LogP contribution is -2.15. The van der Waals surface area contributed by atoms with Crippen molar-refractivity contribution in [2.75, 3.05) is 18.5 Å². The van der Waals surface area contributed by atoms with Crippen LogP contribution in [-0.4, -0.2) is 33.6 Å². The highest BCUT2D eigenvalue weighted by Crippen LogP contribution is 2.24. The highest BCUT2D eigenvalue weighted by atomic mass is 35.5. The first-order valence-corrected chi connectivity index (χ1v) is 8.64. The Morgan fingerprint density at radius 3 is 2.72 bits per heavy atom.